The van der Waals surface area contributed by atoms with Gasteiger partial charge in [0.1, 0.15) is 11.6 Å². The molecule has 0 saturated heterocycles. The SMILES string of the molecule is CCNc1cccc(-c2ccccc2OCC)n1. The fourth-order valence-electron chi connectivity index (χ4n) is 1.82. The molecule has 0 unspecified atom stereocenters. The maximum absolute atomic E-state index is 5.63. The van der Waals surface area contributed by atoms with E-state index >= 15 is 0 Å². The molecule has 3 nitrogen and oxygen atoms in total. The molecule has 2 rings (SSSR count). The van der Waals surface area contributed by atoms with Gasteiger partial charge in [0, 0.05) is 12.1 Å². The average molecular weight is 242 g/mol. The highest BCUT2D eigenvalue weighted by atomic mass is 16.5. The van der Waals surface area contributed by atoms with E-state index in [4.69, 9.17) is 4.74 Å². The monoisotopic (exact) mass is 242 g/mol. The van der Waals surface area contributed by atoms with Gasteiger partial charge in [-0.1, -0.05) is 18.2 Å². The molecule has 0 bridgehead atoms. The third-order valence-corrected chi connectivity index (χ3v) is 2.57. The topological polar surface area (TPSA) is 34.1 Å². The largest absolute Gasteiger partial charge is 0.493 e. The van der Waals surface area contributed by atoms with Crippen molar-refractivity contribution >= 4 is 5.82 Å². The Hall–Kier alpha value is -2.03. The Kier molecular flexibility index (Phi) is 4.18. The summed E-state index contributed by atoms with van der Waals surface area (Å²) in [5.41, 5.74) is 1.96. The number of benzene rings is 1. The second kappa shape index (κ2) is 6.05. The fourth-order valence-corrected chi connectivity index (χ4v) is 1.82. The number of nitrogens with zero attached hydrogens (tertiary/aromatic N) is 1. The Bertz CT molecular complexity index is 511. The molecule has 18 heavy (non-hydrogen) atoms. The zero-order valence-electron chi connectivity index (χ0n) is 10.8. The Labute approximate surface area is 108 Å². The smallest absolute Gasteiger partial charge is 0.128 e. The fraction of sp³-hybridized carbons (Fsp3) is 0.267. The molecule has 0 amide bonds. The molecule has 0 aliphatic heterocycles. The Morgan fingerprint density at radius 1 is 1.06 bits per heavy atom. The Morgan fingerprint density at radius 2 is 1.89 bits per heavy atom. The number of ether oxygens (including phenoxy) is 1. The van der Waals surface area contributed by atoms with Crippen LogP contribution in [0.1, 0.15) is 13.8 Å². The van der Waals surface area contributed by atoms with Gasteiger partial charge in [0.25, 0.3) is 0 Å². The van der Waals surface area contributed by atoms with Crippen molar-refractivity contribution in [2.45, 2.75) is 13.8 Å². The minimum absolute atomic E-state index is 0.657. The summed E-state index contributed by atoms with van der Waals surface area (Å²) in [7, 11) is 0. The number of anilines is 1. The third-order valence-electron chi connectivity index (χ3n) is 2.57. The Balaban J connectivity index is 2.38. The van der Waals surface area contributed by atoms with Crippen LogP contribution in [0.4, 0.5) is 5.82 Å². The summed E-state index contributed by atoms with van der Waals surface area (Å²) in [6.45, 7) is 5.56. The van der Waals surface area contributed by atoms with Crippen LogP contribution in [0.3, 0.4) is 0 Å². The summed E-state index contributed by atoms with van der Waals surface area (Å²) >= 11 is 0. The first-order valence-corrected chi connectivity index (χ1v) is 6.28. The van der Waals surface area contributed by atoms with Crippen molar-refractivity contribution in [3.05, 3.63) is 42.5 Å². The molecule has 0 aliphatic carbocycles. The molecule has 1 aromatic heterocycles. The summed E-state index contributed by atoms with van der Waals surface area (Å²) in [6, 6.07) is 13.9. The van der Waals surface area contributed by atoms with Gasteiger partial charge < -0.3 is 10.1 Å². The predicted octanol–water partition coefficient (Wildman–Crippen LogP) is 3.58. The molecule has 1 heterocycles. The van der Waals surface area contributed by atoms with Crippen molar-refractivity contribution in [2.24, 2.45) is 0 Å². The van der Waals surface area contributed by atoms with E-state index in [9.17, 15) is 0 Å². The zero-order valence-corrected chi connectivity index (χ0v) is 10.8. The summed E-state index contributed by atoms with van der Waals surface area (Å²) < 4.78 is 5.63. The summed E-state index contributed by atoms with van der Waals surface area (Å²) in [5, 5.41) is 3.22. The van der Waals surface area contributed by atoms with E-state index in [1.54, 1.807) is 0 Å². The van der Waals surface area contributed by atoms with Crippen molar-refractivity contribution in [2.75, 3.05) is 18.5 Å². The van der Waals surface area contributed by atoms with E-state index in [2.05, 4.69) is 17.2 Å². The van der Waals surface area contributed by atoms with Crippen molar-refractivity contribution < 1.29 is 4.74 Å². The van der Waals surface area contributed by atoms with Gasteiger partial charge in [0.15, 0.2) is 0 Å². The summed E-state index contributed by atoms with van der Waals surface area (Å²) in [5.74, 6) is 1.77. The quantitative estimate of drug-likeness (QED) is 0.870. The number of hydrogen-bond acceptors (Lipinski definition) is 3. The van der Waals surface area contributed by atoms with Crippen LogP contribution in [0.25, 0.3) is 11.3 Å². The third kappa shape index (κ3) is 2.80. The van der Waals surface area contributed by atoms with E-state index in [-0.39, 0.29) is 0 Å². The summed E-state index contributed by atoms with van der Waals surface area (Å²) in [6.07, 6.45) is 0. The molecule has 0 atom stereocenters. The van der Waals surface area contributed by atoms with Crippen molar-refractivity contribution in [3.63, 3.8) is 0 Å². The molecular weight excluding hydrogens is 224 g/mol. The zero-order chi connectivity index (χ0) is 12.8. The highest BCUT2D eigenvalue weighted by molar-refractivity contribution is 5.68. The number of para-hydroxylation sites is 1. The van der Waals surface area contributed by atoms with Gasteiger partial charge in [-0.15, -0.1) is 0 Å². The minimum atomic E-state index is 0.657. The normalized spacial score (nSPS) is 10.1. The van der Waals surface area contributed by atoms with E-state index in [1.807, 2.05) is 49.4 Å². The van der Waals surface area contributed by atoms with Crippen LogP contribution in [-0.4, -0.2) is 18.1 Å². The molecule has 94 valence electrons. The highest BCUT2D eigenvalue weighted by Gasteiger charge is 2.06. The molecule has 1 N–H and O–H groups in total. The van der Waals surface area contributed by atoms with Crippen LogP contribution in [0.5, 0.6) is 5.75 Å². The van der Waals surface area contributed by atoms with Crippen molar-refractivity contribution in [1.82, 2.24) is 4.98 Å². The minimum Gasteiger partial charge on any atom is -0.493 e. The standard InChI is InChI=1S/C15H18N2O/c1-3-16-15-11-7-9-13(17-15)12-8-5-6-10-14(12)18-4-2/h5-11H,3-4H2,1-2H3,(H,16,17). The maximum atomic E-state index is 5.63. The lowest BCUT2D eigenvalue weighted by atomic mass is 10.1. The van der Waals surface area contributed by atoms with Crippen LogP contribution in [0.15, 0.2) is 42.5 Å². The van der Waals surface area contributed by atoms with Crippen LogP contribution < -0.4 is 10.1 Å². The number of hydrogen-bond donors (Lipinski definition) is 1. The van der Waals surface area contributed by atoms with Gasteiger partial charge in [0.2, 0.25) is 0 Å². The predicted molar refractivity (Wildman–Crippen MR) is 75.0 cm³/mol. The first kappa shape index (κ1) is 12.4. The molecular formula is C15H18N2O. The van der Waals surface area contributed by atoms with Gasteiger partial charge in [0.05, 0.1) is 12.3 Å². The lowest BCUT2D eigenvalue weighted by Crippen LogP contribution is -2.00. The van der Waals surface area contributed by atoms with Gasteiger partial charge in [-0.3, -0.25) is 0 Å². The molecule has 0 fully saturated rings. The molecule has 0 aliphatic rings. The molecule has 0 radical (unpaired) electrons. The second-order valence-corrected chi connectivity index (χ2v) is 3.87. The molecule has 1 aromatic carbocycles. The summed E-state index contributed by atoms with van der Waals surface area (Å²) in [4.78, 5) is 4.58. The molecule has 0 saturated carbocycles. The van der Waals surface area contributed by atoms with E-state index in [0.29, 0.717) is 6.61 Å². The van der Waals surface area contributed by atoms with Crippen LogP contribution in [0, 0.1) is 0 Å². The van der Waals surface area contributed by atoms with Gasteiger partial charge in [-0.25, -0.2) is 4.98 Å². The van der Waals surface area contributed by atoms with Crippen LogP contribution in [0.2, 0.25) is 0 Å². The maximum Gasteiger partial charge on any atom is 0.128 e. The van der Waals surface area contributed by atoms with Gasteiger partial charge >= 0.3 is 0 Å². The van der Waals surface area contributed by atoms with Gasteiger partial charge in [-0.05, 0) is 38.1 Å². The average Bonchev–Trinajstić information content (AvgIpc) is 2.40. The van der Waals surface area contributed by atoms with E-state index in [0.717, 1.165) is 29.4 Å². The number of nitrogens with one attached hydrogen (secondary N) is 1. The van der Waals surface area contributed by atoms with Gasteiger partial charge in [-0.2, -0.15) is 0 Å². The molecule has 3 heteroatoms. The second-order valence-electron chi connectivity index (χ2n) is 3.87. The lowest BCUT2D eigenvalue weighted by Gasteiger charge is -2.10. The van der Waals surface area contributed by atoms with E-state index < -0.39 is 0 Å². The first-order valence-electron chi connectivity index (χ1n) is 6.28. The van der Waals surface area contributed by atoms with E-state index in [1.165, 1.54) is 0 Å². The molecule has 0 spiro atoms. The molecule has 2 aromatic rings. The lowest BCUT2D eigenvalue weighted by molar-refractivity contribution is 0.341. The number of rotatable bonds is 5. The highest BCUT2D eigenvalue weighted by Crippen LogP contribution is 2.28. The van der Waals surface area contributed by atoms with Crippen LogP contribution in [-0.2, 0) is 0 Å². The van der Waals surface area contributed by atoms with Crippen molar-refractivity contribution in [1.29, 1.82) is 0 Å². The first-order chi connectivity index (χ1) is 8.85. The van der Waals surface area contributed by atoms with Crippen LogP contribution >= 0.6 is 0 Å². The number of aromatic nitrogens is 1. The Morgan fingerprint density at radius 3 is 2.67 bits per heavy atom. The van der Waals surface area contributed by atoms with Crippen molar-refractivity contribution in [3.8, 4) is 17.0 Å². The number of pyridine rings is 1.